The number of hydrogen-bond acceptors (Lipinski definition) is 3. The number of anilines is 1. The summed E-state index contributed by atoms with van der Waals surface area (Å²) in [5.74, 6) is 1.33. The van der Waals surface area contributed by atoms with E-state index < -0.39 is 0 Å². The number of nitrogens with one attached hydrogen (secondary N) is 2. The molecule has 1 aliphatic rings. The fourth-order valence-electron chi connectivity index (χ4n) is 2.39. The highest BCUT2D eigenvalue weighted by atomic mass is 16.5. The number of rotatable bonds is 7. The van der Waals surface area contributed by atoms with Crippen molar-refractivity contribution in [3.63, 3.8) is 0 Å². The minimum Gasteiger partial charge on any atom is -0.380 e. The number of hydrogen-bond donors (Lipinski definition) is 2. The molecule has 0 aromatic carbocycles. The summed E-state index contributed by atoms with van der Waals surface area (Å²) in [6, 6.07) is 1.60. The first-order valence-corrected chi connectivity index (χ1v) is 7.59. The average molecular weight is 292 g/mol. The van der Waals surface area contributed by atoms with Crippen LogP contribution >= 0.6 is 0 Å². The molecule has 116 valence electrons. The van der Waals surface area contributed by atoms with Gasteiger partial charge in [0.05, 0.1) is 12.8 Å². The minimum atomic E-state index is -0.222. The molecule has 0 radical (unpaired) electrons. The van der Waals surface area contributed by atoms with E-state index in [9.17, 15) is 4.79 Å². The van der Waals surface area contributed by atoms with E-state index >= 15 is 0 Å². The van der Waals surface area contributed by atoms with E-state index in [0.717, 1.165) is 25.2 Å². The molecule has 1 aliphatic carbocycles. The summed E-state index contributed by atoms with van der Waals surface area (Å²) in [7, 11) is 0. The Balaban J connectivity index is 1.79. The predicted molar refractivity (Wildman–Crippen MR) is 82.2 cm³/mol. The molecule has 0 unspecified atom stereocenters. The molecule has 0 spiro atoms. The van der Waals surface area contributed by atoms with E-state index in [1.54, 1.807) is 6.20 Å². The second kappa shape index (κ2) is 8.46. The van der Waals surface area contributed by atoms with Crippen LogP contribution in [0.25, 0.3) is 0 Å². The van der Waals surface area contributed by atoms with Crippen molar-refractivity contribution >= 4 is 11.8 Å². The lowest BCUT2D eigenvalue weighted by molar-refractivity contribution is 0.150. The molecule has 1 atom stereocenters. The van der Waals surface area contributed by atoms with Gasteiger partial charge in [0.2, 0.25) is 0 Å². The van der Waals surface area contributed by atoms with E-state index in [1.807, 2.05) is 17.7 Å². The van der Waals surface area contributed by atoms with Crippen LogP contribution in [0.2, 0.25) is 0 Å². The molecule has 0 saturated carbocycles. The number of amides is 2. The van der Waals surface area contributed by atoms with Crippen molar-refractivity contribution in [2.45, 2.75) is 32.7 Å². The van der Waals surface area contributed by atoms with Gasteiger partial charge in [-0.2, -0.15) is 5.10 Å². The largest absolute Gasteiger partial charge is 0.380 e. The van der Waals surface area contributed by atoms with Crippen molar-refractivity contribution in [3.8, 4) is 0 Å². The van der Waals surface area contributed by atoms with Crippen LogP contribution in [0.3, 0.4) is 0 Å². The Kier molecular flexibility index (Phi) is 6.27. The predicted octanol–water partition coefficient (Wildman–Crippen LogP) is 2.40. The first-order valence-electron chi connectivity index (χ1n) is 7.59. The number of nitrogens with zero attached hydrogens (tertiary/aromatic N) is 2. The van der Waals surface area contributed by atoms with Crippen LogP contribution in [0.15, 0.2) is 24.4 Å². The molecular formula is C15H24N4O2. The topological polar surface area (TPSA) is 68.2 Å². The van der Waals surface area contributed by atoms with Gasteiger partial charge < -0.3 is 10.1 Å². The maximum Gasteiger partial charge on any atom is 0.320 e. The van der Waals surface area contributed by atoms with Crippen LogP contribution in [0.1, 0.15) is 26.2 Å². The molecule has 0 saturated heterocycles. The second-order valence-corrected chi connectivity index (χ2v) is 5.13. The second-order valence-electron chi connectivity index (χ2n) is 5.13. The molecule has 2 N–H and O–H groups in total. The molecule has 2 rings (SSSR count). The van der Waals surface area contributed by atoms with Crippen LogP contribution in [0, 0.1) is 5.92 Å². The molecule has 1 aromatic heterocycles. The molecule has 1 heterocycles. The van der Waals surface area contributed by atoms with Crippen molar-refractivity contribution in [2.75, 3.05) is 25.1 Å². The highest BCUT2D eigenvalue weighted by molar-refractivity contribution is 5.88. The molecule has 0 fully saturated rings. The Hall–Kier alpha value is -1.82. The standard InChI is InChI=1S/C15H24N4O2/c1-2-21-11-10-16-15(20)18-14-8-9-17-19(14)12-13-6-4-3-5-7-13/h3-4,8-9,13H,2,5-7,10-12H2,1H3,(H2,16,18,20)/t13-/m1/s1. The van der Waals surface area contributed by atoms with Crippen molar-refractivity contribution in [2.24, 2.45) is 5.92 Å². The molecular weight excluding hydrogens is 268 g/mol. The SMILES string of the molecule is CCOCCNC(=O)Nc1ccnn1C[C@@H]1CC=CCC1. The number of ether oxygens (including phenoxy) is 1. The van der Waals surface area contributed by atoms with Crippen LogP contribution < -0.4 is 10.6 Å². The van der Waals surface area contributed by atoms with Gasteiger partial charge in [0, 0.05) is 25.8 Å². The lowest BCUT2D eigenvalue weighted by Gasteiger charge is -2.19. The smallest absolute Gasteiger partial charge is 0.320 e. The van der Waals surface area contributed by atoms with E-state index in [1.165, 1.54) is 6.42 Å². The van der Waals surface area contributed by atoms with Crippen molar-refractivity contribution < 1.29 is 9.53 Å². The maximum absolute atomic E-state index is 11.8. The van der Waals surface area contributed by atoms with E-state index in [0.29, 0.717) is 25.7 Å². The third-order valence-electron chi connectivity index (χ3n) is 3.50. The summed E-state index contributed by atoms with van der Waals surface area (Å²) in [6.07, 6.45) is 9.56. The zero-order valence-electron chi connectivity index (χ0n) is 12.5. The normalized spacial score (nSPS) is 17.7. The Bertz CT molecular complexity index is 470. The van der Waals surface area contributed by atoms with Crippen LogP contribution in [0.5, 0.6) is 0 Å². The third-order valence-corrected chi connectivity index (χ3v) is 3.50. The summed E-state index contributed by atoms with van der Waals surface area (Å²) in [5, 5.41) is 9.89. The molecule has 6 heteroatoms. The van der Waals surface area contributed by atoms with Gasteiger partial charge >= 0.3 is 6.03 Å². The third kappa shape index (κ3) is 5.23. The summed E-state index contributed by atoms with van der Waals surface area (Å²) in [5.41, 5.74) is 0. The number of carbonyl (C=O) groups is 1. The van der Waals surface area contributed by atoms with Crippen LogP contribution in [-0.4, -0.2) is 35.6 Å². The van der Waals surface area contributed by atoms with Gasteiger partial charge in [0.25, 0.3) is 0 Å². The first-order chi connectivity index (χ1) is 10.3. The van der Waals surface area contributed by atoms with E-state index in [-0.39, 0.29) is 6.03 Å². The fraction of sp³-hybridized carbons (Fsp3) is 0.600. The zero-order chi connectivity index (χ0) is 14.9. The maximum atomic E-state index is 11.8. The number of carbonyl (C=O) groups excluding carboxylic acids is 1. The highest BCUT2D eigenvalue weighted by Gasteiger charge is 2.14. The van der Waals surface area contributed by atoms with E-state index in [2.05, 4.69) is 27.9 Å². The Morgan fingerprint density at radius 2 is 2.43 bits per heavy atom. The minimum absolute atomic E-state index is 0.222. The molecule has 0 bridgehead atoms. The van der Waals surface area contributed by atoms with Gasteiger partial charge in [-0.15, -0.1) is 0 Å². The molecule has 0 aliphatic heterocycles. The van der Waals surface area contributed by atoms with Crippen molar-refractivity contribution in [1.82, 2.24) is 15.1 Å². The zero-order valence-corrected chi connectivity index (χ0v) is 12.5. The number of aromatic nitrogens is 2. The molecule has 6 nitrogen and oxygen atoms in total. The quantitative estimate of drug-likeness (QED) is 0.599. The fourth-order valence-corrected chi connectivity index (χ4v) is 2.39. The van der Waals surface area contributed by atoms with E-state index in [4.69, 9.17) is 4.74 Å². The molecule has 1 aromatic rings. The highest BCUT2D eigenvalue weighted by Crippen LogP contribution is 2.21. The Labute approximate surface area is 125 Å². The number of urea groups is 1. The molecule has 21 heavy (non-hydrogen) atoms. The summed E-state index contributed by atoms with van der Waals surface area (Å²) >= 11 is 0. The van der Waals surface area contributed by atoms with Crippen LogP contribution in [-0.2, 0) is 11.3 Å². The lowest BCUT2D eigenvalue weighted by Crippen LogP contribution is -2.32. The van der Waals surface area contributed by atoms with Gasteiger partial charge in [0.1, 0.15) is 5.82 Å². The monoisotopic (exact) mass is 292 g/mol. The summed E-state index contributed by atoms with van der Waals surface area (Å²) < 4.78 is 7.04. The first kappa shape index (κ1) is 15.6. The van der Waals surface area contributed by atoms with Gasteiger partial charge in [-0.1, -0.05) is 12.2 Å². The Morgan fingerprint density at radius 3 is 3.19 bits per heavy atom. The van der Waals surface area contributed by atoms with Crippen molar-refractivity contribution in [1.29, 1.82) is 0 Å². The summed E-state index contributed by atoms with van der Waals surface area (Å²) in [6.45, 7) is 4.45. The van der Waals surface area contributed by atoms with Gasteiger partial charge in [0.15, 0.2) is 0 Å². The lowest BCUT2D eigenvalue weighted by atomic mass is 9.94. The average Bonchev–Trinajstić information content (AvgIpc) is 2.92. The molecule has 2 amide bonds. The van der Waals surface area contributed by atoms with Crippen LogP contribution in [0.4, 0.5) is 10.6 Å². The van der Waals surface area contributed by atoms with Crippen molar-refractivity contribution in [3.05, 3.63) is 24.4 Å². The Morgan fingerprint density at radius 1 is 1.52 bits per heavy atom. The van der Waals surface area contributed by atoms with Gasteiger partial charge in [-0.05, 0) is 32.1 Å². The van der Waals surface area contributed by atoms with Gasteiger partial charge in [-0.3, -0.25) is 5.32 Å². The van der Waals surface area contributed by atoms with Gasteiger partial charge in [-0.25, -0.2) is 9.48 Å². The number of allylic oxidation sites excluding steroid dienone is 2. The summed E-state index contributed by atoms with van der Waals surface area (Å²) in [4.78, 5) is 11.8.